The molecule has 0 aromatic rings. The first kappa shape index (κ1) is 20.3. The lowest BCUT2D eigenvalue weighted by molar-refractivity contribution is -0.120. The van der Waals surface area contributed by atoms with Crippen LogP contribution in [0.25, 0.3) is 0 Å². The number of hydrogen-bond donors (Lipinski definition) is 2. The van der Waals surface area contributed by atoms with Crippen molar-refractivity contribution in [1.29, 1.82) is 0 Å². The first-order valence-electron chi connectivity index (χ1n) is 6.80. The second-order valence-corrected chi connectivity index (χ2v) is 8.44. The van der Waals surface area contributed by atoms with Crippen LogP contribution in [0.3, 0.4) is 0 Å². The smallest absolute Gasteiger partial charge is 0.230 e. The van der Waals surface area contributed by atoms with E-state index in [1.54, 1.807) is 6.92 Å². The van der Waals surface area contributed by atoms with Crippen LogP contribution in [0.15, 0.2) is 0 Å². The van der Waals surface area contributed by atoms with Crippen molar-refractivity contribution < 1.29 is 18.5 Å². The predicted octanol–water partition coefficient (Wildman–Crippen LogP) is -0.162. The number of carbonyl (C=O) groups is 2. The highest BCUT2D eigenvalue weighted by molar-refractivity contribution is 8.15. The quantitative estimate of drug-likeness (QED) is 0.380. The van der Waals surface area contributed by atoms with Crippen LogP contribution in [-0.4, -0.2) is 57.6 Å². The van der Waals surface area contributed by atoms with E-state index in [4.69, 9.17) is 16.2 Å². The molecule has 0 spiro atoms. The van der Waals surface area contributed by atoms with E-state index >= 15 is 0 Å². The topological polar surface area (TPSA) is 112 Å². The molecule has 0 aliphatic rings. The van der Waals surface area contributed by atoms with Gasteiger partial charge >= 0.3 is 0 Å². The van der Waals surface area contributed by atoms with Crippen molar-refractivity contribution in [3.8, 4) is 0 Å². The summed E-state index contributed by atoms with van der Waals surface area (Å²) in [4.78, 5) is 22.0. The Hall–Kier alpha value is -0.730. The Kier molecular flexibility index (Phi) is 10.5. The molecule has 0 aliphatic heterocycles. The van der Waals surface area contributed by atoms with E-state index in [1.165, 1.54) is 0 Å². The summed E-state index contributed by atoms with van der Waals surface area (Å²) >= 11 is 0. The van der Waals surface area contributed by atoms with Gasteiger partial charge in [0.25, 0.3) is 0 Å². The van der Waals surface area contributed by atoms with E-state index in [9.17, 15) is 13.8 Å². The minimum atomic E-state index is -1.12. The van der Waals surface area contributed by atoms with Crippen LogP contribution in [0.5, 0.6) is 0 Å². The number of ether oxygens (including phenoxy) is 1. The largest absolute Gasteiger partial charge is 0.380 e. The Morgan fingerprint density at radius 3 is 2.24 bits per heavy atom. The van der Waals surface area contributed by atoms with Gasteiger partial charge in [-0.3, -0.25) is 13.8 Å². The van der Waals surface area contributed by atoms with Crippen LogP contribution in [0, 0.1) is 5.92 Å². The fourth-order valence-corrected chi connectivity index (χ4v) is 4.22. The number of rotatable bonds is 12. The maximum Gasteiger partial charge on any atom is 0.230 e. The van der Waals surface area contributed by atoms with Crippen LogP contribution in [0.1, 0.15) is 20.3 Å². The second kappa shape index (κ2) is 10.9. The molecular weight excluding hydrogens is 312 g/mol. The number of primary amides is 2. The highest BCUT2D eigenvalue weighted by Gasteiger charge is 2.15. The van der Waals surface area contributed by atoms with Crippen LogP contribution in [0.4, 0.5) is 0 Å². The molecule has 0 saturated heterocycles. The Morgan fingerprint density at radius 1 is 1.19 bits per heavy atom. The number of carbonyl (C=O) groups excluding carboxylic acids is 2. The average molecular weight is 338 g/mol. The van der Waals surface area contributed by atoms with Gasteiger partial charge in [0, 0.05) is 34.0 Å². The first-order valence-corrected chi connectivity index (χ1v) is 9.91. The van der Waals surface area contributed by atoms with Gasteiger partial charge < -0.3 is 16.2 Å². The molecule has 4 unspecified atom stereocenters. The number of hydrogen-bond acceptors (Lipinski definition) is 4. The van der Waals surface area contributed by atoms with E-state index in [-0.39, 0.29) is 27.4 Å². The minimum absolute atomic E-state index is 0.209. The zero-order valence-electron chi connectivity index (χ0n) is 12.7. The van der Waals surface area contributed by atoms with Crippen molar-refractivity contribution in [3.63, 3.8) is 0 Å². The molecule has 0 fully saturated rings. The van der Waals surface area contributed by atoms with E-state index < -0.39 is 22.6 Å². The molecule has 0 aromatic heterocycles. The summed E-state index contributed by atoms with van der Waals surface area (Å²) in [5.41, 5.74) is 10.4. The van der Waals surface area contributed by atoms with E-state index in [0.717, 1.165) is 0 Å². The summed E-state index contributed by atoms with van der Waals surface area (Å²) in [6.07, 6.45) is 0.678. The molecule has 8 heteroatoms. The van der Waals surface area contributed by atoms with Gasteiger partial charge in [-0.25, -0.2) is 0 Å². The third-order valence-corrected chi connectivity index (χ3v) is 6.51. The molecule has 0 aromatic carbocycles. The molecule has 4 atom stereocenters. The fraction of sp³-hybridized carbons (Fsp3) is 0.769. The fourth-order valence-electron chi connectivity index (χ4n) is 1.61. The standard InChI is InChI=1S/C13H26N2O4S2/c1-4-11(13(15)17)20(3)7-5-19-6-8-21(18)9-10(2)12(14)16/h10-11H,3-9H2,1-2H3,(H2,14,16)(H2,15,17). The highest BCUT2D eigenvalue weighted by Crippen LogP contribution is 2.20. The van der Waals surface area contributed by atoms with E-state index in [0.29, 0.717) is 31.1 Å². The van der Waals surface area contributed by atoms with Crippen molar-refractivity contribution in [2.45, 2.75) is 25.5 Å². The maximum absolute atomic E-state index is 11.7. The van der Waals surface area contributed by atoms with Crippen molar-refractivity contribution in [2.24, 2.45) is 17.4 Å². The summed E-state index contributed by atoms with van der Waals surface area (Å²) in [5, 5.41) is -0.209. The summed E-state index contributed by atoms with van der Waals surface area (Å²) < 4.78 is 17.0. The minimum Gasteiger partial charge on any atom is -0.380 e. The van der Waals surface area contributed by atoms with Crippen LogP contribution in [0.2, 0.25) is 0 Å². The van der Waals surface area contributed by atoms with Gasteiger partial charge in [0.1, 0.15) is 0 Å². The normalized spacial score (nSPS) is 16.9. The Labute approximate surface area is 131 Å². The lowest BCUT2D eigenvalue weighted by atomic mass is 10.2. The third-order valence-electron chi connectivity index (χ3n) is 2.96. The first-order chi connectivity index (χ1) is 9.79. The molecule has 0 rings (SSSR count). The van der Waals surface area contributed by atoms with Crippen molar-refractivity contribution in [1.82, 2.24) is 0 Å². The molecule has 0 aliphatic carbocycles. The molecule has 0 bridgehead atoms. The summed E-state index contributed by atoms with van der Waals surface area (Å²) in [6, 6.07) is 0. The lowest BCUT2D eigenvalue weighted by Crippen LogP contribution is -2.27. The van der Waals surface area contributed by atoms with Gasteiger partial charge in [-0.15, -0.1) is 0 Å². The number of nitrogens with two attached hydrogens (primary N) is 2. The van der Waals surface area contributed by atoms with Gasteiger partial charge in [-0.1, -0.05) is 19.7 Å². The van der Waals surface area contributed by atoms with E-state index in [2.05, 4.69) is 5.87 Å². The average Bonchev–Trinajstić information content (AvgIpc) is 2.38. The molecule has 2 amide bonds. The SMILES string of the molecule is C=S(CCOCCS(=O)CC(C)C(N)=O)C(CC)C(N)=O. The third kappa shape index (κ3) is 9.00. The Morgan fingerprint density at radius 2 is 1.76 bits per heavy atom. The van der Waals surface area contributed by atoms with Crippen LogP contribution < -0.4 is 11.5 Å². The van der Waals surface area contributed by atoms with Crippen molar-refractivity contribution in [3.05, 3.63) is 0 Å². The monoisotopic (exact) mass is 338 g/mol. The number of amides is 2. The zero-order chi connectivity index (χ0) is 16.4. The molecule has 0 radical (unpaired) electrons. The molecule has 6 nitrogen and oxygen atoms in total. The summed E-state index contributed by atoms with van der Waals surface area (Å²) in [7, 11) is -1.47. The van der Waals surface area contributed by atoms with Gasteiger partial charge in [0.05, 0.1) is 18.5 Å². The van der Waals surface area contributed by atoms with Crippen LogP contribution in [-0.2, 0) is 25.1 Å². The molecular formula is C13H26N2O4S2. The van der Waals surface area contributed by atoms with E-state index in [1.807, 2.05) is 6.92 Å². The lowest BCUT2D eigenvalue weighted by Gasteiger charge is -2.15. The Balaban J connectivity index is 3.82. The van der Waals surface area contributed by atoms with Gasteiger partial charge in [0.2, 0.25) is 11.8 Å². The Bertz CT molecular complexity index is 402. The highest BCUT2D eigenvalue weighted by atomic mass is 32.2. The molecule has 21 heavy (non-hydrogen) atoms. The molecule has 124 valence electrons. The van der Waals surface area contributed by atoms with Gasteiger partial charge in [0.15, 0.2) is 0 Å². The van der Waals surface area contributed by atoms with Gasteiger partial charge in [-0.2, -0.15) is 10.5 Å². The summed E-state index contributed by atoms with van der Waals surface area (Å²) in [5.74, 6) is 4.09. The zero-order valence-corrected chi connectivity index (χ0v) is 14.3. The maximum atomic E-state index is 11.7. The molecule has 4 N–H and O–H groups in total. The van der Waals surface area contributed by atoms with Crippen molar-refractivity contribution in [2.75, 3.05) is 30.5 Å². The predicted molar refractivity (Wildman–Crippen MR) is 89.9 cm³/mol. The van der Waals surface area contributed by atoms with Gasteiger partial charge in [-0.05, 0) is 6.42 Å². The summed E-state index contributed by atoms with van der Waals surface area (Å²) in [6.45, 7) is 4.37. The van der Waals surface area contributed by atoms with Crippen molar-refractivity contribution >= 4 is 39.0 Å². The second-order valence-electron chi connectivity index (χ2n) is 4.77. The molecule has 0 heterocycles. The molecule has 0 saturated carbocycles. The van der Waals surface area contributed by atoms with Crippen LogP contribution >= 0.6 is 10.5 Å².